The molecule has 1 aromatic rings. The van der Waals surface area contributed by atoms with E-state index in [-0.39, 0.29) is 5.82 Å². The largest absolute Gasteiger partial charge is 0.316 e. The maximum atomic E-state index is 13.5. The lowest BCUT2D eigenvalue weighted by Crippen LogP contribution is -2.31. The summed E-state index contributed by atoms with van der Waals surface area (Å²) < 4.78 is 13.5. The normalized spacial score (nSPS) is 33.6. The van der Waals surface area contributed by atoms with Gasteiger partial charge in [-0.05, 0) is 56.0 Å². The van der Waals surface area contributed by atoms with Crippen molar-refractivity contribution in [1.82, 2.24) is 5.32 Å². The molecule has 2 atom stereocenters. The third-order valence-electron chi connectivity index (χ3n) is 4.12. The second-order valence-electron chi connectivity index (χ2n) is 4.98. The van der Waals surface area contributed by atoms with Crippen LogP contribution in [0, 0.1) is 18.7 Å². The third-order valence-corrected chi connectivity index (χ3v) is 4.12. The van der Waals surface area contributed by atoms with Crippen molar-refractivity contribution in [2.45, 2.75) is 25.2 Å². The fraction of sp³-hybridized carbons (Fsp3) is 0.538. The fourth-order valence-electron chi connectivity index (χ4n) is 2.94. The van der Waals surface area contributed by atoms with E-state index < -0.39 is 0 Å². The highest BCUT2D eigenvalue weighted by molar-refractivity contribution is 5.37. The van der Waals surface area contributed by atoms with Gasteiger partial charge >= 0.3 is 0 Å². The van der Waals surface area contributed by atoms with Crippen LogP contribution >= 0.6 is 0 Å². The van der Waals surface area contributed by atoms with Gasteiger partial charge in [0.25, 0.3) is 0 Å². The van der Waals surface area contributed by atoms with Crippen molar-refractivity contribution in [3.8, 4) is 0 Å². The molecule has 1 nitrogen and oxygen atoms in total. The van der Waals surface area contributed by atoms with Crippen molar-refractivity contribution in [2.24, 2.45) is 5.92 Å². The average Bonchev–Trinajstić information content (AvgIpc) is 2.97. The lowest BCUT2D eigenvalue weighted by Gasteiger charge is -2.23. The first kappa shape index (κ1) is 9.34. The molecule has 0 amide bonds. The Bertz CT molecular complexity index is 402. The molecule has 2 heteroatoms. The topological polar surface area (TPSA) is 12.0 Å². The molecule has 1 saturated carbocycles. The minimum atomic E-state index is -0.0499. The van der Waals surface area contributed by atoms with Gasteiger partial charge in [0.2, 0.25) is 0 Å². The first-order valence-corrected chi connectivity index (χ1v) is 5.70. The first-order chi connectivity index (χ1) is 7.22. The molecule has 1 aromatic carbocycles. The molecule has 0 radical (unpaired) electrons. The molecule has 2 aliphatic rings. The summed E-state index contributed by atoms with van der Waals surface area (Å²) in [5.74, 6) is 0.694. The van der Waals surface area contributed by atoms with Crippen molar-refractivity contribution in [1.29, 1.82) is 0 Å². The van der Waals surface area contributed by atoms with Crippen molar-refractivity contribution >= 4 is 0 Å². The summed E-state index contributed by atoms with van der Waals surface area (Å²) >= 11 is 0. The minimum Gasteiger partial charge on any atom is -0.316 e. The second kappa shape index (κ2) is 3.05. The quantitative estimate of drug-likeness (QED) is 0.742. The molecule has 1 aliphatic heterocycles. The number of nitrogens with one attached hydrogen (secondary N) is 1. The van der Waals surface area contributed by atoms with Crippen LogP contribution in [0.15, 0.2) is 18.2 Å². The van der Waals surface area contributed by atoms with Gasteiger partial charge in [-0.2, -0.15) is 0 Å². The smallest absolute Gasteiger partial charge is 0.126 e. The number of hydrogen-bond acceptors (Lipinski definition) is 1. The Labute approximate surface area is 89.7 Å². The Morgan fingerprint density at radius 1 is 1.47 bits per heavy atom. The summed E-state index contributed by atoms with van der Waals surface area (Å²) in [6.07, 6.45) is 2.41. The first-order valence-electron chi connectivity index (χ1n) is 5.70. The van der Waals surface area contributed by atoms with Crippen LogP contribution in [0.5, 0.6) is 0 Å². The van der Waals surface area contributed by atoms with E-state index in [1.165, 1.54) is 18.4 Å². The molecule has 2 unspecified atom stereocenters. The lowest BCUT2D eigenvalue weighted by atomic mass is 9.87. The molecular formula is C13H16FN. The van der Waals surface area contributed by atoms with Crippen molar-refractivity contribution in [2.75, 3.05) is 13.1 Å². The summed E-state index contributed by atoms with van der Waals surface area (Å²) in [6.45, 7) is 4.01. The molecule has 0 aromatic heterocycles. The molecule has 1 saturated heterocycles. The van der Waals surface area contributed by atoms with Crippen LogP contribution in [0.3, 0.4) is 0 Å². The molecule has 1 heterocycles. The zero-order valence-corrected chi connectivity index (χ0v) is 9.02. The highest BCUT2D eigenvalue weighted by atomic mass is 19.1. The van der Waals surface area contributed by atoms with E-state index in [1.807, 2.05) is 13.0 Å². The van der Waals surface area contributed by atoms with Gasteiger partial charge < -0.3 is 5.32 Å². The van der Waals surface area contributed by atoms with E-state index in [4.69, 9.17) is 0 Å². The second-order valence-corrected chi connectivity index (χ2v) is 4.98. The molecule has 3 rings (SSSR count). The van der Waals surface area contributed by atoms with Crippen molar-refractivity contribution in [3.63, 3.8) is 0 Å². The van der Waals surface area contributed by atoms with Gasteiger partial charge in [0.1, 0.15) is 5.82 Å². The van der Waals surface area contributed by atoms with Crippen molar-refractivity contribution in [3.05, 3.63) is 35.1 Å². The maximum absolute atomic E-state index is 13.5. The Kier molecular flexibility index (Phi) is 1.90. The lowest BCUT2D eigenvalue weighted by molar-refractivity contribution is 0.443. The Morgan fingerprint density at radius 2 is 2.33 bits per heavy atom. The van der Waals surface area contributed by atoms with Gasteiger partial charge in [-0.25, -0.2) is 4.39 Å². The molecule has 0 bridgehead atoms. The Morgan fingerprint density at radius 3 is 3.07 bits per heavy atom. The van der Waals surface area contributed by atoms with Crippen molar-refractivity contribution < 1.29 is 4.39 Å². The van der Waals surface area contributed by atoms with E-state index in [0.29, 0.717) is 5.41 Å². The number of benzene rings is 1. The summed E-state index contributed by atoms with van der Waals surface area (Å²) in [4.78, 5) is 0. The van der Waals surface area contributed by atoms with E-state index in [9.17, 15) is 4.39 Å². The van der Waals surface area contributed by atoms with Gasteiger partial charge in [-0.3, -0.25) is 0 Å². The zero-order chi connectivity index (χ0) is 10.5. The van der Waals surface area contributed by atoms with E-state index in [0.717, 1.165) is 24.6 Å². The standard InChI is InChI=1S/C13H16FN/c1-9-2-3-10(6-12(9)14)13-4-5-15-8-11(13)7-13/h2-3,6,11,15H,4-5,7-8H2,1H3. The van der Waals surface area contributed by atoms with Gasteiger partial charge in [-0.15, -0.1) is 0 Å². The number of halogens is 1. The van der Waals surface area contributed by atoms with Crippen LogP contribution in [-0.4, -0.2) is 13.1 Å². The Balaban J connectivity index is 1.96. The number of rotatable bonds is 1. The molecule has 15 heavy (non-hydrogen) atoms. The van der Waals surface area contributed by atoms with Gasteiger partial charge in [0.05, 0.1) is 0 Å². The van der Waals surface area contributed by atoms with Crippen LogP contribution in [0.25, 0.3) is 0 Å². The number of piperidine rings is 1. The number of aryl methyl sites for hydroxylation is 1. The predicted octanol–water partition coefficient (Wildman–Crippen LogP) is 2.39. The van der Waals surface area contributed by atoms with Crippen LogP contribution in [0.4, 0.5) is 4.39 Å². The van der Waals surface area contributed by atoms with Crippen LogP contribution in [0.2, 0.25) is 0 Å². The van der Waals surface area contributed by atoms with Crippen LogP contribution in [-0.2, 0) is 5.41 Å². The highest BCUT2D eigenvalue weighted by Crippen LogP contribution is 2.57. The van der Waals surface area contributed by atoms with Crippen LogP contribution in [0.1, 0.15) is 24.0 Å². The molecular weight excluding hydrogens is 189 g/mol. The summed E-state index contributed by atoms with van der Waals surface area (Å²) in [7, 11) is 0. The van der Waals surface area contributed by atoms with Gasteiger partial charge in [-0.1, -0.05) is 12.1 Å². The van der Waals surface area contributed by atoms with Gasteiger partial charge in [0, 0.05) is 5.41 Å². The predicted molar refractivity (Wildman–Crippen MR) is 58.4 cm³/mol. The van der Waals surface area contributed by atoms with E-state index >= 15 is 0 Å². The highest BCUT2D eigenvalue weighted by Gasteiger charge is 2.55. The maximum Gasteiger partial charge on any atom is 0.126 e. The average molecular weight is 205 g/mol. The zero-order valence-electron chi connectivity index (χ0n) is 9.02. The summed E-state index contributed by atoms with van der Waals surface area (Å²) in [5, 5.41) is 3.40. The molecule has 1 aliphatic carbocycles. The third kappa shape index (κ3) is 1.31. The molecule has 80 valence electrons. The minimum absolute atomic E-state index is 0.0499. The fourth-order valence-corrected chi connectivity index (χ4v) is 2.94. The van der Waals surface area contributed by atoms with E-state index in [2.05, 4.69) is 11.4 Å². The number of fused-ring (bicyclic) bond motifs is 1. The Hall–Kier alpha value is -0.890. The number of hydrogen-bond donors (Lipinski definition) is 1. The summed E-state index contributed by atoms with van der Waals surface area (Å²) in [6, 6.07) is 5.78. The summed E-state index contributed by atoms with van der Waals surface area (Å²) in [5.41, 5.74) is 2.29. The molecule has 0 spiro atoms. The molecule has 1 N–H and O–H groups in total. The van der Waals surface area contributed by atoms with Crippen LogP contribution < -0.4 is 5.32 Å². The monoisotopic (exact) mass is 205 g/mol. The molecule has 2 fully saturated rings. The van der Waals surface area contributed by atoms with E-state index in [1.54, 1.807) is 6.07 Å². The van der Waals surface area contributed by atoms with Gasteiger partial charge in [0.15, 0.2) is 0 Å². The SMILES string of the molecule is Cc1ccc(C23CCNCC2C3)cc1F.